The third-order valence-corrected chi connectivity index (χ3v) is 3.93. The largest absolute Gasteiger partial charge is 0.319 e. The van der Waals surface area contributed by atoms with Crippen molar-refractivity contribution >= 4 is 0 Å². The lowest BCUT2D eigenvalue weighted by Crippen LogP contribution is -2.33. The van der Waals surface area contributed by atoms with Gasteiger partial charge in [-0.15, -0.1) is 0 Å². The summed E-state index contributed by atoms with van der Waals surface area (Å²) in [4.78, 5) is 0. The summed E-state index contributed by atoms with van der Waals surface area (Å²) in [6.45, 7) is 10.5. The van der Waals surface area contributed by atoms with Crippen LogP contribution in [0.4, 0.5) is 0 Å². The first-order chi connectivity index (χ1) is 6.67. The summed E-state index contributed by atoms with van der Waals surface area (Å²) in [5.41, 5.74) is 0.547. The molecule has 0 unspecified atom stereocenters. The van der Waals surface area contributed by atoms with Crippen LogP contribution < -0.4 is 5.32 Å². The monoisotopic (exact) mass is 199 g/mol. The van der Waals surface area contributed by atoms with E-state index in [0.717, 1.165) is 5.92 Å². The van der Waals surface area contributed by atoms with Crippen molar-refractivity contribution in [2.24, 2.45) is 11.3 Å². The summed E-state index contributed by atoms with van der Waals surface area (Å²) in [7, 11) is 2.08. The zero-order valence-corrected chi connectivity index (χ0v) is 10.8. The Labute approximate surface area is 90.7 Å². The molecule has 0 bridgehead atoms. The van der Waals surface area contributed by atoms with Crippen LogP contribution in [0.1, 0.15) is 59.8 Å². The normalized spacial score (nSPS) is 12.4. The van der Waals surface area contributed by atoms with E-state index in [0.29, 0.717) is 5.41 Å². The number of hydrogen-bond donors (Lipinski definition) is 1. The second kappa shape index (κ2) is 7.28. The third kappa shape index (κ3) is 4.00. The molecule has 0 rings (SSSR count). The zero-order chi connectivity index (χ0) is 11.0. The van der Waals surface area contributed by atoms with E-state index in [1.165, 1.54) is 38.6 Å². The number of rotatable bonds is 8. The van der Waals surface area contributed by atoms with Crippen molar-refractivity contribution in [1.29, 1.82) is 0 Å². The average molecular weight is 199 g/mol. The van der Waals surface area contributed by atoms with Crippen molar-refractivity contribution < 1.29 is 0 Å². The Bertz CT molecular complexity index is 123. The molecule has 0 radical (unpaired) electrons. The first-order valence-corrected chi connectivity index (χ1v) is 6.32. The third-order valence-electron chi connectivity index (χ3n) is 3.93. The van der Waals surface area contributed by atoms with E-state index < -0.39 is 0 Å². The predicted molar refractivity (Wildman–Crippen MR) is 65.6 cm³/mol. The van der Waals surface area contributed by atoms with Gasteiger partial charge in [0, 0.05) is 6.54 Å². The summed E-state index contributed by atoms with van der Waals surface area (Å²) >= 11 is 0. The molecule has 0 saturated carbocycles. The molecule has 0 aromatic carbocycles. The minimum atomic E-state index is 0.547. The van der Waals surface area contributed by atoms with E-state index >= 15 is 0 Å². The molecule has 0 fully saturated rings. The standard InChI is InChI=1S/C13H29N/c1-6-12(7-2)10-13(8-3,9-4)11-14-5/h12,14H,6-11H2,1-5H3. The second-order valence-electron chi connectivity index (χ2n) is 4.62. The molecule has 0 aliphatic rings. The van der Waals surface area contributed by atoms with E-state index in [1.807, 2.05) is 0 Å². The van der Waals surface area contributed by atoms with Crippen LogP contribution in [0, 0.1) is 11.3 Å². The highest BCUT2D eigenvalue weighted by Crippen LogP contribution is 2.35. The molecule has 0 atom stereocenters. The molecular weight excluding hydrogens is 170 g/mol. The second-order valence-corrected chi connectivity index (χ2v) is 4.62. The smallest absolute Gasteiger partial charge is 0.000470 e. The summed E-state index contributed by atoms with van der Waals surface area (Å²) in [6, 6.07) is 0. The minimum absolute atomic E-state index is 0.547. The Hall–Kier alpha value is -0.0400. The maximum absolute atomic E-state index is 3.36. The van der Waals surface area contributed by atoms with Crippen LogP contribution in [0.15, 0.2) is 0 Å². The van der Waals surface area contributed by atoms with Crippen molar-refractivity contribution in [3.05, 3.63) is 0 Å². The summed E-state index contributed by atoms with van der Waals surface area (Å²) in [6.07, 6.45) is 6.68. The van der Waals surface area contributed by atoms with E-state index in [4.69, 9.17) is 0 Å². The van der Waals surface area contributed by atoms with Crippen molar-refractivity contribution in [2.45, 2.75) is 59.8 Å². The Morgan fingerprint density at radius 3 is 1.79 bits per heavy atom. The molecule has 1 N–H and O–H groups in total. The Kier molecular flexibility index (Phi) is 7.26. The van der Waals surface area contributed by atoms with E-state index in [1.54, 1.807) is 0 Å². The molecule has 0 spiro atoms. The highest BCUT2D eigenvalue weighted by Gasteiger charge is 2.27. The molecule has 0 aromatic heterocycles. The van der Waals surface area contributed by atoms with Gasteiger partial charge in [0.05, 0.1) is 0 Å². The molecule has 0 heterocycles. The average Bonchev–Trinajstić information content (AvgIpc) is 2.24. The molecule has 1 heteroatoms. The van der Waals surface area contributed by atoms with E-state index in [-0.39, 0.29) is 0 Å². The van der Waals surface area contributed by atoms with Gasteiger partial charge >= 0.3 is 0 Å². The predicted octanol–water partition coefficient (Wildman–Crippen LogP) is 3.84. The van der Waals surface area contributed by atoms with Crippen molar-refractivity contribution in [3.63, 3.8) is 0 Å². The fourth-order valence-electron chi connectivity index (χ4n) is 2.43. The van der Waals surface area contributed by atoms with Gasteiger partial charge in [-0.3, -0.25) is 0 Å². The maximum atomic E-state index is 3.36. The summed E-state index contributed by atoms with van der Waals surface area (Å²) < 4.78 is 0. The lowest BCUT2D eigenvalue weighted by molar-refractivity contribution is 0.185. The number of nitrogens with one attached hydrogen (secondary N) is 1. The lowest BCUT2D eigenvalue weighted by atomic mass is 9.73. The first kappa shape index (κ1) is 14.0. The van der Waals surface area contributed by atoms with Crippen LogP contribution in [0.3, 0.4) is 0 Å². The molecule has 0 amide bonds. The van der Waals surface area contributed by atoms with Crippen molar-refractivity contribution in [1.82, 2.24) is 5.32 Å². The highest BCUT2D eigenvalue weighted by atomic mass is 14.8. The SMILES string of the molecule is CCC(CC)CC(CC)(CC)CNC. The van der Waals surface area contributed by atoms with Crippen LogP contribution in [0.25, 0.3) is 0 Å². The molecule has 0 aliphatic carbocycles. The number of hydrogen-bond acceptors (Lipinski definition) is 1. The van der Waals surface area contributed by atoms with Gasteiger partial charge in [-0.25, -0.2) is 0 Å². The fraction of sp³-hybridized carbons (Fsp3) is 1.00. The van der Waals surface area contributed by atoms with Gasteiger partial charge in [-0.1, -0.05) is 40.5 Å². The van der Waals surface area contributed by atoms with Crippen LogP contribution in [0.5, 0.6) is 0 Å². The van der Waals surface area contributed by atoms with Gasteiger partial charge in [0.15, 0.2) is 0 Å². The van der Waals surface area contributed by atoms with Crippen LogP contribution >= 0.6 is 0 Å². The lowest BCUT2D eigenvalue weighted by Gasteiger charge is -2.35. The molecule has 0 aliphatic heterocycles. The Morgan fingerprint density at radius 2 is 1.50 bits per heavy atom. The van der Waals surface area contributed by atoms with Gasteiger partial charge < -0.3 is 5.32 Å². The molecule has 86 valence electrons. The van der Waals surface area contributed by atoms with Gasteiger partial charge in [0.1, 0.15) is 0 Å². The van der Waals surface area contributed by atoms with Gasteiger partial charge in [0.2, 0.25) is 0 Å². The van der Waals surface area contributed by atoms with Gasteiger partial charge in [-0.2, -0.15) is 0 Å². The summed E-state index contributed by atoms with van der Waals surface area (Å²) in [5.74, 6) is 0.920. The molecular formula is C13H29N. The summed E-state index contributed by atoms with van der Waals surface area (Å²) in [5, 5.41) is 3.36. The van der Waals surface area contributed by atoms with E-state index in [2.05, 4.69) is 40.1 Å². The Balaban J connectivity index is 4.31. The quantitative estimate of drug-likeness (QED) is 0.626. The maximum Gasteiger partial charge on any atom is 0.000470 e. The zero-order valence-electron chi connectivity index (χ0n) is 10.8. The molecule has 1 nitrogen and oxygen atoms in total. The van der Waals surface area contributed by atoms with Crippen LogP contribution in [-0.2, 0) is 0 Å². The molecule has 14 heavy (non-hydrogen) atoms. The van der Waals surface area contributed by atoms with Gasteiger partial charge in [-0.05, 0) is 37.6 Å². The van der Waals surface area contributed by atoms with Crippen molar-refractivity contribution in [2.75, 3.05) is 13.6 Å². The topological polar surface area (TPSA) is 12.0 Å². The van der Waals surface area contributed by atoms with Crippen molar-refractivity contribution in [3.8, 4) is 0 Å². The Morgan fingerprint density at radius 1 is 1.00 bits per heavy atom. The highest BCUT2D eigenvalue weighted by molar-refractivity contribution is 4.81. The fourth-order valence-corrected chi connectivity index (χ4v) is 2.43. The first-order valence-electron chi connectivity index (χ1n) is 6.32. The molecule has 0 aromatic rings. The van der Waals surface area contributed by atoms with Gasteiger partial charge in [0.25, 0.3) is 0 Å². The van der Waals surface area contributed by atoms with E-state index in [9.17, 15) is 0 Å². The van der Waals surface area contributed by atoms with Crippen LogP contribution in [0.2, 0.25) is 0 Å². The molecule has 0 saturated heterocycles. The minimum Gasteiger partial charge on any atom is -0.319 e. The van der Waals surface area contributed by atoms with Crippen LogP contribution in [-0.4, -0.2) is 13.6 Å².